The minimum Gasteiger partial charge on any atom is -0.435 e. The van der Waals surface area contributed by atoms with Gasteiger partial charge in [0.2, 0.25) is 0 Å². The lowest BCUT2D eigenvalue weighted by molar-refractivity contribution is -0.217. The van der Waals surface area contributed by atoms with Crippen molar-refractivity contribution in [2.45, 2.75) is 39.0 Å². The topological polar surface area (TPSA) is 46.2 Å². The number of hydrogen-bond donors (Lipinski definition) is 0. The van der Waals surface area contributed by atoms with Crippen LogP contribution in [0, 0.1) is 11.8 Å². The number of benzene rings is 1. The molecule has 0 bridgehead atoms. The van der Waals surface area contributed by atoms with Crippen molar-refractivity contribution < 1.29 is 32.5 Å². The molecule has 0 aromatic heterocycles. The zero-order valence-corrected chi connectivity index (χ0v) is 15.4. The molecule has 1 aromatic carbocycles. The van der Waals surface area contributed by atoms with Crippen LogP contribution >= 0.6 is 0 Å². The number of ether oxygens (including phenoxy) is 5. The molecule has 0 N–H and O–H groups in total. The van der Waals surface area contributed by atoms with Crippen LogP contribution in [-0.2, 0) is 18.9 Å². The van der Waals surface area contributed by atoms with E-state index in [1.165, 1.54) is 12.1 Å². The largest absolute Gasteiger partial charge is 0.435 e. The zero-order chi connectivity index (χ0) is 19.1. The fourth-order valence-electron chi connectivity index (χ4n) is 3.19. The van der Waals surface area contributed by atoms with Gasteiger partial charge in [0.15, 0.2) is 12.6 Å². The molecule has 0 unspecified atom stereocenters. The van der Waals surface area contributed by atoms with Gasteiger partial charge in [-0.15, -0.1) is 0 Å². The van der Waals surface area contributed by atoms with E-state index in [0.29, 0.717) is 32.3 Å². The van der Waals surface area contributed by atoms with Crippen LogP contribution < -0.4 is 4.74 Å². The van der Waals surface area contributed by atoms with Crippen molar-refractivity contribution in [2.24, 2.45) is 11.8 Å². The number of halogens is 2. The Bertz CT molecular complexity index is 577. The van der Waals surface area contributed by atoms with E-state index in [1.54, 1.807) is 12.1 Å². The van der Waals surface area contributed by atoms with Gasteiger partial charge in [0.1, 0.15) is 5.75 Å². The summed E-state index contributed by atoms with van der Waals surface area (Å²) in [7, 11) is 0. The molecule has 1 aromatic rings. The fraction of sp³-hybridized carbons (Fsp3) is 0.600. The Kier molecular flexibility index (Phi) is 7.58. The van der Waals surface area contributed by atoms with Crippen molar-refractivity contribution in [1.29, 1.82) is 0 Å². The highest BCUT2D eigenvalue weighted by molar-refractivity contribution is 5.28. The molecule has 0 spiro atoms. The highest BCUT2D eigenvalue weighted by Crippen LogP contribution is 2.29. The molecule has 0 saturated carbocycles. The van der Waals surface area contributed by atoms with Crippen LogP contribution in [0.2, 0.25) is 0 Å². The molecular formula is C20H26F2O5. The molecular weight excluding hydrogens is 358 g/mol. The summed E-state index contributed by atoms with van der Waals surface area (Å²) in [6.45, 7) is 1.71. The number of hydrogen-bond acceptors (Lipinski definition) is 5. The average molecular weight is 384 g/mol. The van der Waals surface area contributed by atoms with E-state index in [4.69, 9.17) is 18.9 Å². The summed E-state index contributed by atoms with van der Waals surface area (Å²) < 4.78 is 51.8. The van der Waals surface area contributed by atoms with Crippen molar-refractivity contribution in [2.75, 3.05) is 26.4 Å². The van der Waals surface area contributed by atoms with Crippen molar-refractivity contribution in [3.8, 4) is 5.75 Å². The van der Waals surface area contributed by atoms with Gasteiger partial charge >= 0.3 is 6.61 Å². The van der Waals surface area contributed by atoms with E-state index in [9.17, 15) is 8.78 Å². The van der Waals surface area contributed by atoms with Gasteiger partial charge < -0.3 is 23.7 Å². The zero-order valence-electron chi connectivity index (χ0n) is 15.4. The minimum atomic E-state index is -2.83. The highest BCUT2D eigenvalue weighted by atomic mass is 19.3. The SMILES string of the molecule is C/C=C/C1COC(CCC2COC(c3ccc(OC(F)F)cc3)OC2)OC1. The quantitative estimate of drug-likeness (QED) is 0.656. The number of rotatable bonds is 7. The summed E-state index contributed by atoms with van der Waals surface area (Å²) in [5.41, 5.74) is 0.782. The lowest BCUT2D eigenvalue weighted by Gasteiger charge is -2.32. The Morgan fingerprint density at radius 3 is 2.26 bits per heavy atom. The highest BCUT2D eigenvalue weighted by Gasteiger charge is 2.26. The fourth-order valence-corrected chi connectivity index (χ4v) is 3.19. The first-order valence-electron chi connectivity index (χ1n) is 9.28. The third kappa shape index (κ3) is 6.24. The summed E-state index contributed by atoms with van der Waals surface area (Å²) in [4.78, 5) is 0. The smallest absolute Gasteiger partial charge is 0.387 e. The van der Waals surface area contributed by atoms with E-state index in [2.05, 4.69) is 10.8 Å². The molecule has 2 aliphatic heterocycles. The standard InChI is InChI=1S/C20H26F2O5/c1-2-3-14-10-23-18(24-11-14)9-4-15-12-25-19(26-13-15)16-5-7-17(8-6-16)27-20(21)22/h2-3,5-8,14-15,18-20H,4,9-13H2,1H3/b3-2+. The first-order chi connectivity index (χ1) is 13.1. The van der Waals surface area contributed by atoms with Crippen LogP contribution in [0.25, 0.3) is 0 Å². The van der Waals surface area contributed by atoms with Crippen LogP contribution in [0.3, 0.4) is 0 Å². The second-order valence-electron chi connectivity index (χ2n) is 6.77. The molecule has 0 atom stereocenters. The van der Waals surface area contributed by atoms with Crippen LogP contribution in [0.1, 0.15) is 31.6 Å². The Hall–Kier alpha value is -1.54. The van der Waals surface area contributed by atoms with Crippen molar-refractivity contribution in [3.63, 3.8) is 0 Å². The van der Waals surface area contributed by atoms with Gasteiger partial charge in [-0.05, 0) is 31.9 Å². The van der Waals surface area contributed by atoms with Crippen molar-refractivity contribution in [3.05, 3.63) is 42.0 Å². The summed E-state index contributed by atoms with van der Waals surface area (Å²) in [5.74, 6) is 0.737. The van der Waals surface area contributed by atoms with Gasteiger partial charge in [-0.1, -0.05) is 24.3 Å². The van der Waals surface area contributed by atoms with Gasteiger partial charge in [0.25, 0.3) is 0 Å². The van der Waals surface area contributed by atoms with Crippen LogP contribution in [-0.4, -0.2) is 39.3 Å². The Balaban J connectivity index is 1.36. The molecule has 0 radical (unpaired) electrons. The van der Waals surface area contributed by atoms with Gasteiger partial charge in [-0.25, -0.2) is 0 Å². The maximum Gasteiger partial charge on any atom is 0.387 e. The molecule has 2 saturated heterocycles. The van der Waals surface area contributed by atoms with Gasteiger partial charge in [-0.2, -0.15) is 8.78 Å². The summed E-state index contributed by atoms with van der Waals surface area (Å²) in [5, 5.41) is 0. The lowest BCUT2D eigenvalue weighted by Crippen LogP contribution is -2.33. The summed E-state index contributed by atoms with van der Waals surface area (Å²) in [6, 6.07) is 6.32. The molecule has 0 amide bonds. The van der Waals surface area contributed by atoms with Crippen molar-refractivity contribution >= 4 is 0 Å². The Morgan fingerprint density at radius 2 is 1.67 bits per heavy atom. The molecule has 2 aliphatic rings. The van der Waals surface area contributed by atoms with Crippen LogP contribution in [0.15, 0.2) is 36.4 Å². The number of allylic oxidation sites excluding steroid dienone is 1. The minimum absolute atomic E-state index is 0.117. The predicted molar refractivity (Wildman–Crippen MR) is 94.4 cm³/mol. The second-order valence-corrected chi connectivity index (χ2v) is 6.77. The maximum atomic E-state index is 12.2. The molecule has 3 rings (SSSR count). The molecule has 0 aliphatic carbocycles. The summed E-state index contributed by atoms with van der Waals surface area (Å²) in [6.07, 6.45) is 5.18. The second kappa shape index (κ2) is 10.1. The monoisotopic (exact) mass is 384 g/mol. The van der Waals surface area contributed by atoms with E-state index in [0.717, 1.165) is 18.4 Å². The molecule has 7 heteroatoms. The molecule has 27 heavy (non-hydrogen) atoms. The third-order valence-electron chi connectivity index (χ3n) is 4.61. The van der Waals surface area contributed by atoms with E-state index < -0.39 is 12.9 Å². The average Bonchev–Trinajstić information content (AvgIpc) is 2.68. The molecule has 150 valence electrons. The van der Waals surface area contributed by atoms with E-state index >= 15 is 0 Å². The van der Waals surface area contributed by atoms with Crippen LogP contribution in [0.5, 0.6) is 5.75 Å². The van der Waals surface area contributed by atoms with Gasteiger partial charge in [0, 0.05) is 17.4 Å². The van der Waals surface area contributed by atoms with Crippen molar-refractivity contribution in [1.82, 2.24) is 0 Å². The maximum absolute atomic E-state index is 12.2. The van der Waals surface area contributed by atoms with Gasteiger partial charge in [0.05, 0.1) is 26.4 Å². The van der Waals surface area contributed by atoms with E-state index in [1.807, 2.05) is 13.0 Å². The lowest BCUT2D eigenvalue weighted by atomic mass is 10.0. The third-order valence-corrected chi connectivity index (χ3v) is 4.61. The Labute approximate surface area is 158 Å². The predicted octanol–water partition coefficient (Wildman–Crippen LogP) is 4.30. The summed E-state index contributed by atoms with van der Waals surface area (Å²) >= 11 is 0. The first kappa shape index (κ1) is 20.2. The van der Waals surface area contributed by atoms with Gasteiger partial charge in [-0.3, -0.25) is 0 Å². The Morgan fingerprint density at radius 1 is 1.00 bits per heavy atom. The molecule has 5 nitrogen and oxygen atoms in total. The molecule has 2 heterocycles. The first-order valence-corrected chi connectivity index (χ1v) is 9.28. The van der Waals surface area contributed by atoms with E-state index in [-0.39, 0.29) is 18.0 Å². The normalized spacial score (nSPS) is 29.3. The van der Waals surface area contributed by atoms with Crippen LogP contribution in [0.4, 0.5) is 8.78 Å². The molecule has 2 fully saturated rings. The number of alkyl halides is 2.